The van der Waals surface area contributed by atoms with Crippen molar-refractivity contribution in [2.45, 2.75) is 12.6 Å². The van der Waals surface area contributed by atoms with E-state index in [1.165, 1.54) is 0 Å². The van der Waals surface area contributed by atoms with Crippen LogP contribution in [0.3, 0.4) is 0 Å². The van der Waals surface area contributed by atoms with Crippen molar-refractivity contribution in [3.63, 3.8) is 0 Å². The zero-order valence-corrected chi connectivity index (χ0v) is 11.8. The number of ketones is 1. The minimum atomic E-state index is -0.724. The number of nitrogens with one attached hydrogen (secondary N) is 1. The van der Waals surface area contributed by atoms with Crippen molar-refractivity contribution in [3.8, 4) is 5.75 Å². The molecule has 0 radical (unpaired) electrons. The van der Waals surface area contributed by atoms with Gasteiger partial charge in [0.2, 0.25) is 0 Å². The fourth-order valence-electron chi connectivity index (χ4n) is 2.25. The van der Waals surface area contributed by atoms with E-state index < -0.39 is 12.1 Å². The predicted molar refractivity (Wildman–Crippen MR) is 79.8 cm³/mol. The molecule has 22 heavy (non-hydrogen) atoms. The lowest BCUT2D eigenvalue weighted by atomic mass is 10.0. The molecule has 3 rings (SSSR count). The molecule has 0 fully saturated rings. The second kappa shape index (κ2) is 6.30. The molecular weight excluding hydrogens is 282 g/mol. The Bertz CT molecular complexity index is 684. The summed E-state index contributed by atoms with van der Waals surface area (Å²) in [4.78, 5) is 24.1. The molecule has 0 bridgehead atoms. The van der Waals surface area contributed by atoms with Crippen LogP contribution >= 0.6 is 0 Å². The van der Waals surface area contributed by atoms with Crippen LogP contribution in [-0.4, -0.2) is 24.5 Å². The van der Waals surface area contributed by atoms with Crippen LogP contribution in [0, 0.1) is 0 Å². The summed E-state index contributed by atoms with van der Waals surface area (Å²) in [6, 6.07) is 15.6. The molecule has 2 aromatic rings. The average molecular weight is 297 g/mol. The van der Waals surface area contributed by atoms with E-state index in [0.29, 0.717) is 11.3 Å². The third-order valence-electron chi connectivity index (χ3n) is 3.38. The second-order valence-corrected chi connectivity index (χ2v) is 4.93. The van der Waals surface area contributed by atoms with E-state index in [1.807, 2.05) is 30.3 Å². The van der Waals surface area contributed by atoms with E-state index in [0.717, 1.165) is 5.56 Å². The van der Waals surface area contributed by atoms with E-state index in [-0.39, 0.29) is 19.0 Å². The van der Waals surface area contributed by atoms with E-state index in [2.05, 4.69) is 5.32 Å². The maximum atomic E-state index is 12.3. The normalized spacial score (nSPS) is 16.4. The Morgan fingerprint density at radius 2 is 1.86 bits per heavy atom. The van der Waals surface area contributed by atoms with Crippen LogP contribution in [0.25, 0.3) is 0 Å². The van der Waals surface area contributed by atoms with E-state index >= 15 is 0 Å². The number of para-hydroxylation sites is 1. The molecule has 1 heterocycles. The average Bonchev–Trinajstić information content (AvgIpc) is 2.57. The highest BCUT2D eigenvalue weighted by atomic mass is 16.5. The quantitative estimate of drug-likeness (QED) is 0.945. The molecule has 1 aliphatic rings. The van der Waals surface area contributed by atoms with Crippen molar-refractivity contribution in [3.05, 3.63) is 65.7 Å². The van der Waals surface area contributed by atoms with Crippen LogP contribution < -0.4 is 10.1 Å². The summed E-state index contributed by atoms with van der Waals surface area (Å²) >= 11 is 0. The molecule has 112 valence electrons. The number of alkyl carbamates (subject to hydrolysis) is 1. The third-order valence-corrected chi connectivity index (χ3v) is 3.38. The topological polar surface area (TPSA) is 64.6 Å². The number of hydrogen-bond acceptors (Lipinski definition) is 4. The number of rotatable bonds is 3. The van der Waals surface area contributed by atoms with Crippen LogP contribution in [0.2, 0.25) is 0 Å². The maximum absolute atomic E-state index is 12.3. The molecule has 1 unspecified atom stereocenters. The molecule has 0 aliphatic carbocycles. The Labute approximate surface area is 127 Å². The molecule has 0 aromatic heterocycles. The summed E-state index contributed by atoms with van der Waals surface area (Å²) in [7, 11) is 0. The van der Waals surface area contributed by atoms with E-state index in [9.17, 15) is 9.59 Å². The first-order valence-electron chi connectivity index (χ1n) is 6.97. The minimum Gasteiger partial charge on any atom is -0.490 e. The van der Waals surface area contributed by atoms with Gasteiger partial charge < -0.3 is 14.8 Å². The fraction of sp³-hybridized carbons (Fsp3) is 0.176. The van der Waals surface area contributed by atoms with Crippen LogP contribution in [0.5, 0.6) is 5.75 Å². The fourth-order valence-corrected chi connectivity index (χ4v) is 2.25. The van der Waals surface area contributed by atoms with Crippen LogP contribution in [0.4, 0.5) is 4.79 Å². The molecule has 5 nitrogen and oxygen atoms in total. The summed E-state index contributed by atoms with van der Waals surface area (Å²) in [5.41, 5.74) is 1.36. The molecule has 2 aromatic carbocycles. The number of benzene rings is 2. The number of Topliss-reactive ketones (excluding diaryl/α,β-unsaturated/α-hetero) is 1. The van der Waals surface area contributed by atoms with Gasteiger partial charge in [-0.15, -0.1) is 0 Å². The highest BCUT2D eigenvalue weighted by Gasteiger charge is 2.30. The van der Waals surface area contributed by atoms with Gasteiger partial charge in [-0.2, -0.15) is 0 Å². The number of carbonyl (C=O) groups excluding carboxylic acids is 2. The SMILES string of the molecule is O=C(NC1COc2ccccc2C1=O)OCc1ccccc1. The highest BCUT2D eigenvalue weighted by Crippen LogP contribution is 2.23. The van der Waals surface area contributed by atoms with Crippen LogP contribution in [-0.2, 0) is 11.3 Å². The number of carbonyl (C=O) groups is 2. The lowest BCUT2D eigenvalue weighted by molar-refractivity contribution is 0.0837. The highest BCUT2D eigenvalue weighted by molar-refractivity contribution is 6.04. The van der Waals surface area contributed by atoms with Crippen molar-refractivity contribution in [1.29, 1.82) is 0 Å². The van der Waals surface area contributed by atoms with Crippen molar-refractivity contribution in [1.82, 2.24) is 5.32 Å². The number of amides is 1. The Balaban J connectivity index is 1.57. The van der Waals surface area contributed by atoms with Crippen molar-refractivity contribution < 1.29 is 19.1 Å². The smallest absolute Gasteiger partial charge is 0.408 e. The Kier molecular flexibility index (Phi) is 4.05. The van der Waals surface area contributed by atoms with Gasteiger partial charge >= 0.3 is 6.09 Å². The molecule has 1 atom stereocenters. The van der Waals surface area contributed by atoms with Gasteiger partial charge in [0.25, 0.3) is 0 Å². The third kappa shape index (κ3) is 3.09. The number of fused-ring (bicyclic) bond motifs is 1. The zero-order chi connectivity index (χ0) is 15.4. The summed E-state index contributed by atoms with van der Waals surface area (Å²) < 4.78 is 10.6. The molecule has 0 spiro atoms. The van der Waals surface area contributed by atoms with Gasteiger partial charge in [-0.1, -0.05) is 42.5 Å². The minimum absolute atomic E-state index is 0.107. The zero-order valence-electron chi connectivity index (χ0n) is 11.8. The Morgan fingerprint density at radius 3 is 2.68 bits per heavy atom. The molecule has 0 saturated carbocycles. The molecule has 1 N–H and O–H groups in total. The predicted octanol–water partition coefficient (Wildman–Crippen LogP) is 2.56. The van der Waals surface area contributed by atoms with Gasteiger partial charge in [-0.3, -0.25) is 4.79 Å². The van der Waals surface area contributed by atoms with Crippen molar-refractivity contribution >= 4 is 11.9 Å². The summed E-state index contributed by atoms with van der Waals surface area (Å²) in [5, 5.41) is 2.54. The monoisotopic (exact) mass is 297 g/mol. The summed E-state index contributed by atoms with van der Waals surface area (Å²) in [6.45, 7) is 0.265. The van der Waals surface area contributed by atoms with Gasteiger partial charge in [-0.25, -0.2) is 4.79 Å². The number of ether oxygens (including phenoxy) is 2. The summed E-state index contributed by atoms with van der Waals surface area (Å²) in [5.74, 6) is 0.377. The van der Waals surface area contributed by atoms with Crippen molar-refractivity contribution in [2.75, 3.05) is 6.61 Å². The van der Waals surface area contributed by atoms with E-state index in [4.69, 9.17) is 9.47 Å². The molecule has 5 heteroatoms. The number of hydrogen-bond donors (Lipinski definition) is 1. The van der Waals surface area contributed by atoms with Gasteiger partial charge in [0.15, 0.2) is 5.78 Å². The Morgan fingerprint density at radius 1 is 1.14 bits per heavy atom. The largest absolute Gasteiger partial charge is 0.490 e. The Hall–Kier alpha value is -2.82. The second-order valence-electron chi connectivity index (χ2n) is 4.93. The maximum Gasteiger partial charge on any atom is 0.408 e. The molecule has 1 aliphatic heterocycles. The van der Waals surface area contributed by atoms with Gasteiger partial charge in [0.1, 0.15) is 25.0 Å². The molecule has 0 saturated heterocycles. The van der Waals surface area contributed by atoms with Crippen molar-refractivity contribution in [2.24, 2.45) is 0 Å². The molecule has 1 amide bonds. The molecular formula is C17H15NO4. The van der Waals surface area contributed by atoms with Gasteiger partial charge in [0.05, 0.1) is 5.56 Å². The standard InChI is InChI=1S/C17H15NO4/c19-16-13-8-4-5-9-15(13)21-11-14(16)18-17(20)22-10-12-6-2-1-3-7-12/h1-9,14H,10-11H2,(H,18,20). The first-order chi connectivity index (χ1) is 10.7. The van der Waals surface area contributed by atoms with Gasteiger partial charge in [-0.05, 0) is 17.7 Å². The van der Waals surface area contributed by atoms with Crippen LogP contribution in [0.15, 0.2) is 54.6 Å². The van der Waals surface area contributed by atoms with Gasteiger partial charge in [0, 0.05) is 0 Å². The first-order valence-corrected chi connectivity index (χ1v) is 6.97. The lowest BCUT2D eigenvalue weighted by Gasteiger charge is -2.24. The summed E-state index contributed by atoms with van der Waals surface area (Å²) in [6.07, 6.45) is -0.634. The first kappa shape index (κ1) is 14.1. The van der Waals surface area contributed by atoms with Crippen LogP contribution in [0.1, 0.15) is 15.9 Å². The lowest BCUT2D eigenvalue weighted by Crippen LogP contribution is -2.47. The van der Waals surface area contributed by atoms with E-state index in [1.54, 1.807) is 24.3 Å².